The maximum absolute atomic E-state index is 12.7. The molecule has 0 fully saturated rings. The fourth-order valence-corrected chi connectivity index (χ4v) is 3.76. The number of nitrogens with one attached hydrogen (secondary N) is 1. The molecule has 0 aliphatic rings. The van der Waals surface area contributed by atoms with Gasteiger partial charge in [-0.1, -0.05) is 11.3 Å². The van der Waals surface area contributed by atoms with Crippen LogP contribution in [0.1, 0.15) is 21.9 Å². The third kappa shape index (κ3) is 3.17. The van der Waals surface area contributed by atoms with Gasteiger partial charge in [0.15, 0.2) is 0 Å². The average molecular weight is 382 g/mol. The number of aromatic nitrogens is 5. The third-order valence-corrected chi connectivity index (χ3v) is 5.08. The van der Waals surface area contributed by atoms with Crippen LogP contribution in [0.25, 0.3) is 15.3 Å². The lowest BCUT2D eigenvalue weighted by molar-refractivity contribution is 0.101. The number of benzene rings is 1. The summed E-state index contributed by atoms with van der Waals surface area (Å²) in [6.45, 7) is 3.72. The first-order valence-electron chi connectivity index (χ1n) is 8.28. The molecule has 4 rings (SSSR count). The molecule has 1 amide bonds. The first kappa shape index (κ1) is 17.2. The Morgan fingerprint density at radius 2 is 1.93 bits per heavy atom. The molecule has 4 aromatic rings. The predicted octanol–water partition coefficient (Wildman–Crippen LogP) is 3.09. The molecule has 138 valence electrons. The standard InChI is InChI=1S/C18H18N6O2S/c1-10-7-14(23(3)21-10)17(25)20-16-8-11(2)22-24(16)18-19-13-9-12(26-4)5-6-15(13)27-18/h5-9H,1-4H3,(H,20,25). The molecular formula is C18H18N6O2S. The Morgan fingerprint density at radius 1 is 1.15 bits per heavy atom. The van der Waals surface area contributed by atoms with Gasteiger partial charge in [0, 0.05) is 19.2 Å². The molecule has 0 saturated heterocycles. The highest BCUT2D eigenvalue weighted by molar-refractivity contribution is 7.20. The Morgan fingerprint density at radius 3 is 2.63 bits per heavy atom. The quantitative estimate of drug-likeness (QED) is 0.586. The molecule has 3 heterocycles. The summed E-state index contributed by atoms with van der Waals surface area (Å²) < 4.78 is 9.47. The topological polar surface area (TPSA) is 86.9 Å². The van der Waals surface area contributed by atoms with E-state index in [2.05, 4.69) is 20.5 Å². The number of hydrogen-bond acceptors (Lipinski definition) is 6. The van der Waals surface area contributed by atoms with Crippen LogP contribution in [0.2, 0.25) is 0 Å². The van der Waals surface area contributed by atoms with E-state index in [1.807, 2.05) is 38.1 Å². The van der Waals surface area contributed by atoms with E-state index >= 15 is 0 Å². The second-order valence-corrected chi connectivity index (χ2v) is 7.17. The van der Waals surface area contributed by atoms with Crippen LogP contribution >= 0.6 is 11.3 Å². The molecule has 0 aliphatic heterocycles. The van der Waals surface area contributed by atoms with Gasteiger partial charge >= 0.3 is 0 Å². The molecule has 0 unspecified atom stereocenters. The van der Waals surface area contributed by atoms with Crippen molar-refractivity contribution < 1.29 is 9.53 Å². The van der Waals surface area contributed by atoms with Crippen molar-refractivity contribution in [3.8, 4) is 10.9 Å². The zero-order valence-electron chi connectivity index (χ0n) is 15.3. The summed E-state index contributed by atoms with van der Waals surface area (Å²) in [6, 6.07) is 9.29. The molecule has 0 spiro atoms. The number of aryl methyl sites for hydroxylation is 3. The van der Waals surface area contributed by atoms with Gasteiger partial charge in [-0.2, -0.15) is 14.9 Å². The Kier molecular flexibility index (Phi) is 4.15. The maximum atomic E-state index is 12.7. The molecule has 8 nitrogen and oxygen atoms in total. The van der Waals surface area contributed by atoms with Crippen molar-refractivity contribution in [1.82, 2.24) is 24.5 Å². The summed E-state index contributed by atoms with van der Waals surface area (Å²) in [4.78, 5) is 17.3. The zero-order valence-corrected chi connectivity index (χ0v) is 16.2. The molecule has 0 aliphatic carbocycles. The summed E-state index contributed by atoms with van der Waals surface area (Å²) in [5.41, 5.74) is 2.87. The molecule has 9 heteroatoms. The van der Waals surface area contributed by atoms with Crippen molar-refractivity contribution in [2.45, 2.75) is 13.8 Å². The summed E-state index contributed by atoms with van der Waals surface area (Å²) >= 11 is 1.49. The highest BCUT2D eigenvalue weighted by Gasteiger charge is 2.18. The largest absolute Gasteiger partial charge is 0.497 e. The van der Waals surface area contributed by atoms with Crippen molar-refractivity contribution in [3.05, 3.63) is 47.4 Å². The molecular weight excluding hydrogens is 364 g/mol. The number of thiazole rings is 1. The van der Waals surface area contributed by atoms with Gasteiger partial charge in [0.2, 0.25) is 5.13 Å². The van der Waals surface area contributed by atoms with Crippen molar-refractivity contribution in [2.75, 3.05) is 12.4 Å². The van der Waals surface area contributed by atoms with Gasteiger partial charge in [0.1, 0.15) is 17.3 Å². The van der Waals surface area contributed by atoms with Crippen LogP contribution in [0.3, 0.4) is 0 Å². The van der Waals surface area contributed by atoms with Crippen LogP contribution in [-0.4, -0.2) is 37.6 Å². The average Bonchev–Trinajstić information content (AvgIpc) is 3.30. The van der Waals surface area contributed by atoms with Crippen LogP contribution < -0.4 is 10.1 Å². The van der Waals surface area contributed by atoms with Gasteiger partial charge in [-0.05, 0) is 32.0 Å². The summed E-state index contributed by atoms with van der Waals surface area (Å²) in [5, 5.41) is 12.3. The summed E-state index contributed by atoms with van der Waals surface area (Å²) in [6.07, 6.45) is 0. The third-order valence-electron chi connectivity index (χ3n) is 4.07. The number of carbonyl (C=O) groups is 1. The molecule has 0 atom stereocenters. The van der Waals surface area contributed by atoms with E-state index < -0.39 is 0 Å². The maximum Gasteiger partial charge on any atom is 0.275 e. The minimum Gasteiger partial charge on any atom is -0.497 e. The van der Waals surface area contributed by atoms with Gasteiger partial charge in [0.25, 0.3) is 5.91 Å². The number of ether oxygens (including phenoxy) is 1. The fraction of sp³-hybridized carbons (Fsp3) is 0.222. The lowest BCUT2D eigenvalue weighted by Gasteiger charge is -2.06. The Bertz CT molecular complexity index is 1160. The fourth-order valence-electron chi connectivity index (χ4n) is 2.85. The van der Waals surface area contributed by atoms with E-state index in [1.54, 1.807) is 29.6 Å². The van der Waals surface area contributed by atoms with Crippen LogP contribution in [0.4, 0.5) is 5.82 Å². The SMILES string of the molecule is COc1ccc2sc(-n3nc(C)cc3NC(=O)c3cc(C)nn3C)nc2c1. The van der Waals surface area contributed by atoms with Gasteiger partial charge < -0.3 is 10.1 Å². The van der Waals surface area contributed by atoms with E-state index in [0.29, 0.717) is 16.6 Å². The van der Waals surface area contributed by atoms with Gasteiger partial charge in [-0.3, -0.25) is 9.48 Å². The number of methoxy groups -OCH3 is 1. The van der Waals surface area contributed by atoms with Gasteiger partial charge in [-0.15, -0.1) is 0 Å². The highest BCUT2D eigenvalue weighted by Crippen LogP contribution is 2.29. The van der Waals surface area contributed by atoms with Crippen molar-refractivity contribution >= 4 is 33.3 Å². The monoisotopic (exact) mass is 382 g/mol. The Hall–Kier alpha value is -3.20. The second kappa shape index (κ2) is 6.51. The summed E-state index contributed by atoms with van der Waals surface area (Å²) in [5.74, 6) is 1.06. The van der Waals surface area contributed by atoms with E-state index in [0.717, 1.165) is 27.4 Å². The molecule has 0 saturated carbocycles. The molecule has 3 aromatic heterocycles. The number of amides is 1. The molecule has 1 aromatic carbocycles. The van der Waals surface area contributed by atoms with Crippen LogP contribution in [0, 0.1) is 13.8 Å². The van der Waals surface area contributed by atoms with E-state index in [9.17, 15) is 4.79 Å². The van der Waals surface area contributed by atoms with Gasteiger partial charge in [0.05, 0.1) is 28.7 Å². The number of anilines is 1. The van der Waals surface area contributed by atoms with Crippen molar-refractivity contribution in [3.63, 3.8) is 0 Å². The molecule has 0 radical (unpaired) electrons. The van der Waals surface area contributed by atoms with E-state index in [-0.39, 0.29) is 5.91 Å². The number of nitrogens with zero attached hydrogens (tertiary/aromatic N) is 5. The minimum atomic E-state index is -0.248. The molecule has 1 N–H and O–H groups in total. The number of fused-ring (bicyclic) bond motifs is 1. The van der Waals surface area contributed by atoms with Crippen LogP contribution in [0.5, 0.6) is 5.75 Å². The van der Waals surface area contributed by atoms with E-state index in [4.69, 9.17) is 4.74 Å². The lowest BCUT2D eigenvalue weighted by atomic mass is 10.3. The minimum absolute atomic E-state index is 0.248. The van der Waals surface area contributed by atoms with Crippen LogP contribution in [0.15, 0.2) is 30.3 Å². The molecule has 27 heavy (non-hydrogen) atoms. The second-order valence-electron chi connectivity index (χ2n) is 6.16. The van der Waals surface area contributed by atoms with Crippen molar-refractivity contribution in [1.29, 1.82) is 0 Å². The molecule has 0 bridgehead atoms. The Labute approximate surface area is 159 Å². The first-order chi connectivity index (χ1) is 12.9. The van der Waals surface area contributed by atoms with Crippen molar-refractivity contribution in [2.24, 2.45) is 7.05 Å². The smallest absolute Gasteiger partial charge is 0.275 e. The number of carbonyl (C=O) groups excluding carboxylic acids is 1. The highest BCUT2D eigenvalue weighted by atomic mass is 32.1. The lowest BCUT2D eigenvalue weighted by Crippen LogP contribution is -2.18. The van der Waals surface area contributed by atoms with Gasteiger partial charge in [-0.25, -0.2) is 4.98 Å². The number of hydrogen-bond donors (Lipinski definition) is 1. The van der Waals surface area contributed by atoms with E-state index in [1.165, 1.54) is 11.3 Å². The summed E-state index contributed by atoms with van der Waals surface area (Å²) in [7, 11) is 3.37. The first-order valence-corrected chi connectivity index (χ1v) is 9.10. The normalized spacial score (nSPS) is 11.1. The zero-order chi connectivity index (χ0) is 19.1. The Balaban J connectivity index is 1.71. The van der Waals surface area contributed by atoms with Crippen LogP contribution in [-0.2, 0) is 7.05 Å². The number of rotatable bonds is 4. The predicted molar refractivity (Wildman–Crippen MR) is 104 cm³/mol.